The molecule has 0 aromatic heterocycles. The molecule has 108 valence electrons. The molecule has 3 heteroatoms. The van der Waals surface area contributed by atoms with Gasteiger partial charge in [-0.25, -0.2) is 0 Å². The molecule has 0 aliphatic carbocycles. The first-order valence-corrected chi connectivity index (χ1v) is 7.54. The molecule has 0 saturated heterocycles. The molecule has 1 unspecified atom stereocenters. The second kappa shape index (κ2) is 12.9. The molecular formula is C15H30O3. The van der Waals surface area contributed by atoms with Crippen molar-refractivity contribution in [2.45, 2.75) is 84.2 Å². The number of rotatable bonds is 12. The third-order valence-corrected chi connectivity index (χ3v) is 3.14. The van der Waals surface area contributed by atoms with Crippen LogP contribution in [-0.4, -0.2) is 23.8 Å². The molecule has 0 amide bonds. The first-order chi connectivity index (χ1) is 8.70. The van der Waals surface area contributed by atoms with Gasteiger partial charge in [-0.2, -0.15) is 0 Å². The highest BCUT2D eigenvalue weighted by Crippen LogP contribution is 2.09. The van der Waals surface area contributed by atoms with Crippen molar-refractivity contribution in [1.82, 2.24) is 0 Å². The van der Waals surface area contributed by atoms with Crippen LogP contribution in [-0.2, 0) is 9.53 Å². The molecule has 0 heterocycles. The van der Waals surface area contributed by atoms with Crippen molar-refractivity contribution in [3.8, 4) is 0 Å². The Balaban J connectivity index is 3.20. The first-order valence-electron chi connectivity index (χ1n) is 7.54. The molecule has 0 saturated carbocycles. The van der Waals surface area contributed by atoms with Gasteiger partial charge in [-0.05, 0) is 12.8 Å². The van der Waals surface area contributed by atoms with Gasteiger partial charge < -0.3 is 9.84 Å². The topological polar surface area (TPSA) is 46.5 Å². The lowest BCUT2D eigenvalue weighted by atomic mass is 10.1. The maximum Gasteiger partial charge on any atom is 0.305 e. The number of aliphatic hydroxyl groups excluding tert-OH is 1. The Kier molecular flexibility index (Phi) is 12.5. The second-order valence-corrected chi connectivity index (χ2v) is 4.97. The first kappa shape index (κ1) is 17.4. The summed E-state index contributed by atoms with van der Waals surface area (Å²) in [4.78, 5) is 11.3. The average Bonchev–Trinajstić information content (AvgIpc) is 2.39. The summed E-state index contributed by atoms with van der Waals surface area (Å²) in [6.07, 6.45) is 10.4. The lowest BCUT2D eigenvalue weighted by Gasteiger charge is -2.08. The maximum absolute atomic E-state index is 11.3. The van der Waals surface area contributed by atoms with Gasteiger partial charge >= 0.3 is 5.97 Å². The third kappa shape index (κ3) is 11.9. The van der Waals surface area contributed by atoms with Crippen LogP contribution < -0.4 is 0 Å². The van der Waals surface area contributed by atoms with Gasteiger partial charge in [0.25, 0.3) is 0 Å². The standard InChI is InChI=1S/C15H30O3/c1-3-5-6-7-8-9-10-11-12-15(17)18-13-14(16)4-2/h14,16H,3-13H2,1-2H3. The Morgan fingerprint density at radius 2 is 1.56 bits per heavy atom. The van der Waals surface area contributed by atoms with E-state index < -0.39 is 6.10 Å². The van der Waals surface area contributed by atoms with E-state index in [-0.39, 0.29) is 12.6 Å². The second-order valence-electron chi connectivity index (χ2n) is 4.97. The summed E-state index contributed by atoms with van der Waals surface area (Å²) in [6.45, 7) is 4.24. The molecule has 0 bridgehead atoms. The van der Waals surface area contributed by atoms with Crippen LogP contribution in [0, 0.1) is 0 Å². The van der Waals surface area contributed by atoms with Crippen LogP contribution in [0.15, 0.2) is 0 Å². The van der Waals surface area contributed by atoms with Gasteiger partial charge in [0, 0.05) is 6.42 Å². The predicted molar refractivity (Wildman–Crippen MR) is 74.5 cm³/mol. The normalized spacial score (nSPS) is 12.4. The van der Waals surface area contributed by atoms with E-state index in [2.05, 4.69) is 6.92 Å². The number of ether oxygens (including phenoxy) is 1. The average molecular weight is 258 g/mol. The van der Waals surface area contributed by atoms with Crippen molar-refractivity contribution in [2.24, 2.45) is 0 Å². The van der Waals surface area contributed by atoms with Crippen molar-refractivity contribution in [1.29, 1.82) is 0 Å². The molecular weight excluding hydrogens is 228 g/mol. The quantitative estimate of drug-likeness (QED) is 0.427. The number of carbonyl (C=O) groups excluding carboxylic acids is 1. The molecule has 0 aliphatic rings. The van der Waals surface area contributed by atoms with E-state index in [0.717, 1.165) is 12.8 Å². The van der Waals surface area contributed by atoms with Crippen LogP contribution in [0.2, 0.25) is 0 Å². The van der Waals surface area contributed by atoms with E-state index >= 15 is 0 Å². The Labute approximate surface area is 112 Å². The van der Waals surface area contributed by atoms with E-state index in [1.54, 1.807) is 0 Å². The predicted octanol–water partition coefficient (Wildman–Crippen LogP) is 3.83. The Bertz CT molecular complexity index is 192. The van der Waals surface area contributed by atoms with E-state index in [1.807, 2.05) is 6.92 Å². The molecule has 18 heavy (non-hydrogen) atoms. The van der Waals surface area contributed by atoms with E-state index in [4.69, 9.17) is 4.74 Å². The van der Waals surface area contributed by atoms with Gasteiger partial charge in [-0.3, -0.25) is 4.79 Å². The minimum atomic E-state index is -0.507. The molecule has 0 fully saturated rings. The molecule has 0 rings (SSSR count). The van der Waals surface area contributed by atoms with Crippen molar-refractivity contribution in [2.75, 3.05) is 6.61 Å². The molecule has 0 radical (unpaired) electrons. The summed E-state index contributed by atoms with van der Waals surface area (Å²) < 4.78 is 4.97. The number of esters is 1. The van der Waals surface area contributed by atoms with Gasteiger partial charge in [0.1, 0.15) is 6.61 Å². The van der Waals surface area contributed by atoms with Gasteiger partial charge in [0.05, 0.1) is 6.10 Å². The van der Waals surface area contributed by atoms with E-state index in [9.17, 15) is 9.90 Å². The van der Waals surface area contributed by atoms with Crippen LogP contribution in [0.25, 0.3) is 0 Å². The molecule has 0 aliphatic heterocycles. The van der Waals surface area contributed by atoms with E-state index in [1.165, 1.54) is 38.5 Å². The Hall–Kier alpha value is -0.570. The van der Waals surface area contributed by atoms with Crippen molar-refractivity contribution < 1.29 is 14.6 Å². The zero-order valence-corrected chi connectivity index (χ0v) is 12.1. The molecule has 1 atom stereocenters. The van der Waals surface area contributed by atoms with Crippen LogP contribution >= 0.6 is 0 Å². The highest BCUT2D eigenvalue weighted by molar-refractivity contribution is 5.69. The lowest BCUT2D eigenvalue weighted by Crippen LogP contribution is -2.17. The Morgan fingerprint density at radius 3 is 2.11 bits per heavy atom. The highest BCUT2D eigenvalue weighted by atomic mass is 16.5. The molecule has 0 aromatic rings. The van der Waals surface area contributed by atoms with Crippen molar-refractivity contribution in [3.63, 3.8) is 0 Å². The molecule has 0 aromatic carbocycles. The summed E-state index contributed by atoms with van der Waals surface area (Å²) in [7, 11) is 0. The van der Waals surface area contributed by atoms with Crippen LogP contribution in [0.5, 0.6) is 0 Å². The molecule has 1 N–H and O–H groups in total. The zero-order valence-electron chi connectivity index (χ0n) is 12.1. The fourth-order valence-electron chi connectivity index (χ4n) is 1.78. The smallest absolute Gasteiger partial charge is 0.305 e. The van der Waals surface area contributed by atoms with Crippen LogP contribution in [0.4, 0.5) is 0 Å². The third-order valence-electron chi connectivity index (χ3n) is 3.14. The Morgan fingerprint density at radius 1 is 1.00 bits per heavy atom. The number of hydrogen-bond donors (Lipinski definition) is 1. The monoisotopic (exact) mass is 258 g/mol. The van der Waals surface area contributed by atoms with Gasteiger partial charge in [0.2, 0.25) is 0 Å². The van der Waals surface area contributed by atoms with Gasteiger partial charge in [-0.1, -0.05) is 58.8 Å². The molecule has 3 nitrogen and oxygen atoms in total. The van der Waals surface area contributed by atoms with Crippen molar-refractivity contribution >= 4 is 5.97 Å². The lowest BCUT2D eigenvalue weighted by molar-refractivity contribution is -0.146. The number of hydrogen-bond acceptors (Lipinski definition) is 3. The van der Waals surface area contributed by atoms with Crippen molar-refractivity contribution in [3.05, 3.63) is 0 Å². The van der Waals surface area contributed by atoms with Crippen LogP contribution in [0.3, 0.4) is 0 Å². The maximum atomic E-state index is 11.3. The highest BCUT2D eigenvalue weighted by Gasteiger charge is 2.06. The summed E-state index contributed by atoms with van der Waals surface area (Å²) >= 11 is 0. The summed E-state index contributed by atoms with van der Waals surface area (Å²) in [5.74, 6) is -0.173. The largest absolute Gasteiger partial charge is 0.463 e. The minimum absolute atomic E-state index is 0.145. The number of unbranched alkanes of at least 4 members (excludes halogenated alkanes) is 7. The molecule has 0 spiro atoms. The summed E-state index contributed by atoms with van der Waals surface area (Å²) in [6, 6.07) is 0. The van der Waals surface area contributed by atoms with Gasteiger partial charge in [-0.15, -0.1) is 0 Å². The van der Waals surface area contributed by atoms with Crippen LogP contribution in [0.1, 0.15) is 78.1 Å². The minimum Gasteiger partial charge on any atom is -0.463 e. The fraction of sp³-hybridized carbons (Fsp3) is 0.933. The zero-order chi connectivity index (χ0) is 13.6. The summed E-state index contributed by atoms with van der Waals surface area (Å²) in [5.41, 5.74) is 0. The SMILES string of the molecule is CCCCCCCCCCC(=O)OCC(O)CC. The van der Waals surface area contributed by atoms with E-state index in [0.29, 0.717) is 12.8 Å². The number of carbonyl (C=O) groups is 1. The van der Waals surface area contributed by atoms with Gasteiger partial charge in [0.15, 0.2) is 0 Å². The number of aliphatic hydroxyl groups is 1. The fourth-order valence-corrected chi connectivity index (χ4v) is 1.78. The summed E-state index contributed by atoms with van der Waals surface area (Å²) in [5, 5.41) is 9.24.